The summed E-state index contributed by atoms with van der Waals surface area (Å²) in [5.41, 5.74) is 0. The van der Waals surface area contributed by atoms with Crippen molar-refractivity contribution >= 4 is 5.78 Å². The molecule has 1 saturated carbocycles. The van der Waals surface area contributed by atoms with Gasteiger partial charge in [-0.25, -0.2) is 0 Å². The molecule has 2 bridgehead atoms. The summed E-state index contributed by atoms with van der Waals surface area (Å²) in [5.74, 6) is 2.59. The fraction of sp³-hybridized carbons (Fsp3) is 0.700. The fourth-order valence-electron chi connectivity index (χ4n) is 2.50. The lowest BCUT2D eigenvalue weighted by Gasteiger charge is -2.15. The number of ketones is 1. The third kappa shape index (κ3) is 1.24. The van der Waals surface area contributed by atoms with Crippen LogP contribution in [0.4, 0.5) is 0 Å². The van der Waals surface area contributed by atoms with Crippen molar-refractivity contribution in [3.8, 4) is 0 Å². The Morgan fingerprint density at radius 1 is 1.45 bits per heavy atom. The second-order valence-electron chi connectivity index (χ2n) is 3.95. The van der Waals surface area contributed by atoms with E-state index in [4.69, 9.17) is 0 Å². The maximum Gasteiger partial charge on any atom is 0.130 e. The van der Waals surface area contributed by atoms with Gasteiger partial charge in [-0.1, -0.05) is 12.2 Å². The van der Waals surface area contributed by atoms with E-state index in [-0.39, 0.29) is 0 Å². The van der Waals surface area contributed by atoms with Gasteiger partial charge >= 0.3 is 0 Å². The van der Waals surface area contributed by atoms with Crippen LogP contribution >= 0.6 is 0 Å². The highest BCUT2D eigenvalue weighted by atomic mass is 16.1. The zero-order valence-electron chi connectivity index (χ0n) is 6.92. The van der Waals surface area contributed by atoms with Crippen LogP contribution in [0.25, 0.3) is 0 Å². The molecule has 0 heterocycles. The van der Waals surface area contributed by atoms with E-state index in [1.54, 1.807) is 6.92 Å². The number of Topliss-reactive ketones (excluding diaryl/α,β-unsaturated/α-hetero) is 1. The zero-order valence-corrected chi connectivity index (χ0v) is 6.92. The summed E-state index contributed by atoms with van der Waals surface area (Å²) < 4.78 is 0. The van der Waals surface area contributed by atoms with Gasteiger partial charge in [0, 0.05) is 6.42 Å². The SMILES string of the molecule is CC(=O)C[C@@H]1C[C@H]2C=C[C@@H]1C2. The largest absolute Gasteiger partial charge is 0.300 e. The Balaban J connectivity index is 1.98. The van der Waals surface area contributed by atoms with E-state index in [2.05, 4.69) is 12.2 Å². The molecule has 1 heteroatoms. The summed E-state index contributed by atoms with van der Waals surface area (Å²) in [5, 5.41) is 0. The molecule has 0 aromatic heterocycles. The highest BCUT2D eigenvalue weighted by Crippen LogP contribution is 2.44. The minimum atomic E-state index is 0.357. The van der Waals surface area contributed by atoms with Gasteiger partial charge in [-0.15, -0.1) is 0 Å². The molecule has 1 nitrogen and oxygen atoms in total. The van der Waals surface area contributed by atoms with Gasteiger partial charge in [-0.2, -0.15) is 0 Å². The molecular formula is C10H14O. The molecule has 3 atom stereocenters. The first kappa shape index (κ1) is 7.08. The molecule has 0 aliphatic heterocycles. The van der Waals surface area contributed by atoms with Gasteiger partial charge in [0.2, 0.25) is 0 Å². The Bertz CT molecular complexity index is 205. The maximum absolute atomic E-state index is 10.9. The van der Waals surface area contributed by atoms with Crippen LogP contribution in [0.1, 0.15) is 26.2 Å². The average molecular weight is 150 g/mol. The summed E-state index contributed by atoms with van der Waals surface area (Å²) in [6.07, 6.45) is 8.02. The van der Waals surface area contributed by atoms with Crippen molar-refractivity contribution in [2.24, 2.45) is 17.8 Å². The van der Waals surface area contributed by atoms with Crippen molar-refractivity contribution in [2.45, 2.75) is 26.2 Å². The number of carbonyl (C=O) groups is 1. The van der Waals surface area contributed by atoms with Gasteiger partial charge in [-0.3, -0.25) is 0 Å². The third-order valence-electron chi connectivity index (χ3n) is 2.97. The van der Waals surface area contributed by atoms with Crippen LogP contribution in [-0.4, -0.2) is 5.78 Å². The molecule has 0 amide bonds. The summed E-state index contributed by atoms with van der Waals surface area (Å²) in [4.78, 5) is 10.9. The van der Waals surface area contributed by atoms with Crippen molar-refractivity contribution in [1.29, 1.82) is 0 Å². The molecule has 0 unspecified atom stereocenters. The monoisotopic (exact) mass is 150 g/mol. The van der Waals surface area contributed by atoms with Crippen molar-refractivity contribution in [3.05, 3.63) is 12.2 Å². The summed E-state index contributed by atoms with van der Waals surface area (Å²) >= 11 is 0. The van der Waals surface area contributed by atoms with Crippen LogP contribution in [0.3, 0.4) is 0 Å². The van der Waals surface area contributed by atoms with Crippen molar-refractivity contribution in [3.63, 3.8) is 0 Å². The van der Waals surface area contributed by atoms with Gasteiger partial charge in [0.15, 0.2) is 0 Å². The highest BCUT2D eigenvalue weighted by Gasteiger charge is 2.35. The Morgan fingerprint density at radius 3 is 2.73 bits per heavy atom. The van der Waals surface area contributed by atoms with Crippen LogP contribution < -0.4 is 0 Å². The normalized spacial score (nSPS) is 39.9. The smallest absolute Gasteiger partial charge is 0.130 e. The van der Waals surface area contributed by atoms with Crippen LogP contribution in [0.2, 0.25) is 0 Å². The van der Waals surface area contributed by atoms with Gasteiger partial charge in [0.25, 0.3) is 0 Å². The first-order chi connectivity index (χ1) is 5.25. The Morgan fingerprint density at radius 2 is 2.27 bits per heavy atom. The molecule has 60 valence electrons. The van der Waals surface area contributed by atoms with Gasteiger partial charge in [0.1, 0.15) is 5.78 Å². The Kier molecular flexibility index (Phi) is 1.59. The van der Waals surface area contributed by atoms with Crippen molar-refractivity contribution in [1.82, 2.24) is 0 Å². The molecule has 2 aliphatic carbocycles. The van der Waals surface area contributed by atoms with Crippen LogP contribution in [-0.2, 0) is 4.79 Å². The predicted octanol–water partition coefficient (Wildman–Crippen LogP) is 2.18. The number of carbonyl (C=O) groups excluding carboxylic acids is 1. The zero-order chi connectivity index (χ0) is 7.84. The summed E-state index contributed by atoms with van der Waals surface area (Å²) in [7, 11) is 0. The first-order valence-electron chi connectivity index (χ1n) is 4.43. The average Bonchev–Trinajstić information content (AvgIpc) is 2.45. The number of allylic oxidation sites excluding steroid dienone is 2. The molecule has 0 spiro atoms. The van der Waals surface area contributed by atoms with E-state index < -0.39 is 0 Å². The van der Waals surface area contributed by atoms with E-state index in [0.717, 1.165) is 18.3 Å². The van der Waals surface area contributed by atoms with E-state index in [1.807, 2.05) is 0 Å². The molecule has 2 rings (SSSR count). The molecule has 11 heavy (non-hydrogen) atoms. The molecule has 1 fully saturated rings. The lowest BCUT2D eigenvalue weighted by Crippen LogP contribution is -2.10. The van der Waals surface area contributed by atoms with Crippen molar-refractivity contribution in [2.75, 3.05) is 0 Å². The Hall–Kier alpha value is -0.590. The molecule has 2 aliphatic rings. The predicted molar refractivity (Wildman–Crippen MR) is 44.1 cm³/mol. The topological polar surface area (TPSA) is 17.1 Å². The molecule has 0 aromatic rings. The molecule has 0 saturated heterocycles. The van der Waals surface area contributed by atoms with E-state index in [0.29, 0.717) is 11.7 Å². The quantitative estimate of drug-likeness (QED) is 0.551. The Labute approximate surface area is 67.5 Å². The second kappa shape index (κ2) is 2.47. The first-order valence-corrected chi connectivity index (χ1v) is 4.43. The number of hydrogen-bond donors (Lipinski definition) is 0. The van der Waals surface area contributed by atoms with Crippen molar-refractivity contribution < 1.29 is 4.79 Å². The fourth-order valence-corrected chi connectivity index (χ4v) is 2.50. The number of rotatable bonds is 2. The highest BCUT2D eigenvalue weighted by molar-refractivity contribution is 5.75. The van der Waals surface area contributed by atoms with E-state index in [9.17, 15) is 4.79 Å². The van der Waals surface area contributed by atoms with E-state index in [1.165, 1.54) is 12.8 Å². The van der Waals surface area contributed by atoms with Crippen LogP contribution in [0.15, 0.2) is 12.2 Å². The standard InChI is InChI=1S/C10H14O/c1-7(11)4-10-6-8-2-3-9(10)5-8/h2-3,8-10H,4-6H2,1H3/t8-,9+,10+/m0/s1. The minimum absolute atomic E-state index is 0.357. The van der Waals surface area contributed by atoms with Gasteiger partial charge in [0.05, 0.1) is 0 Å². The molecular weight excluding hydrogens is 136 g/mol. The molecule has 0 N–H and O–H groups in total. The maximum atomic E-state index is 10.9. The minimum Gasteiger partial charge on any atom is -0.300 e. The summed E-state index contributed by atoms with van der Waals surface area (Å²) in [6.45, 7) is 1.70. The molecule has 0 aromatic carbocycles. The van der Waals surface area contributed by atoms with Gasteiger partial charge < -0.3 is 4.79 Å². The third-order valence-corrected chi connectivity index (χ3v) is 2.97. The van der Waals surface area contributed by atoms with Gasteiger partial charge in [-0.05, 0) is 37.5 Å². The lowest BCUT2D eigenvalue weighted by molar-refractivity contribution is -0.118. The van der Waals surface area contributed by atoms with Crippen LogP contribution in [0, 0.1) is 17.8 Å². The molecule has 0 radical (unpaired) electrons. The second-order valence-corrected chi connectivity index (χ2v) is 3.95. The number of fused-ring (bicyclic) bond motifs is 2. The summed E-state index contributed by atoms with van der Waals surface area (Å²) in [6, 6.07) is 0. The van der Waals surface area contributed by atoms with Crippen LogP contribution in [0.5, 0.6) is 0 Å². The van der Waals surface area contributed by atoms with E-state index >= 15 is 0 Å². The number of hydrogen-bond acceptors (Lipinski definition) is 1. The lowest BCUT2D eigenvalue weighted by atomic mass is 9.89.